The molecular formula is C9H11NO. The lowest BCUT2D eigenvalue weighted by Crippen LogP contribution is -2.30. The molecule has 0 aliphatic carbocycles. The molecule has 1 aliphatic rings. The monoisotopic (exact) mass is 149 g/mol. The molecule has 2 nitrogen and oxygen atoms in total. The van der Waals surface area contributed by atoms with Crippen LogP contribution in [0.15, 0.2) is 37.1 Å². The number of allylic oxidation sites excluding steroid dienone is 1. The molecule has 1 heterocycles. The molecule has 0 radical (unpaired) electrons. The Morgan fingerprint density at radius 2 is 2.45 bits per heavy atom. The zero-order valence-electron chi connectivity index (χ0n) is 6.42. The van der Waals surface area contributed by atoms with Crippen LogP contribution in [0.2, 0.25) is 0 Å². The van der Waals surface area contributed by atoms with E-state index in [2.05, 4.69) is 13.2 Å². The number of hydrogen-bond donors (Lipinski definition) is 0. The summed E-state index contributed by atoms with van der Waals surface area (Å²) in [5.74, 6) is 0.00106. The molecule has 1 aliphatic heterocycles. The van der Waals surface area contributed by atoms with E-state index in [0.29, 0.717) is 6.54 Å². The number of amides is 1. The lowest BCUT2D eigenvalue weighted by atomic mass is 10.2. The summed E-state index contributed by atoms with van der Waals surface area (Å²) in [5, 5.41) is 0. The minimum absolute atomic E-state index is 0.00106. The Kier molecular flexibility index (Phi) is 2.26. The SMILES string of the molecule is C=CCN1C(=C)CC=CC1=O. The second-order valence-corrected chi connectivity index (χ2v) is 2.41. The minimum atomic E-state index is 0.00106. The molecule has 1 rings (SSSR count). The van der Waals surface area contributed by atoms with Gasteiger partial charge in [-0.05, 0) is 6.08 Å². The first kappa shape index (κ1) is 7.79. The van der Waals surface area contributed by atoms with Crippen molar-refractivity contribution < 1.29 is 4.79 Å². The van der Waals surface area contributed by atoms with E-state index in [1.807, 2.05) is 6.08 Å². The molecule has 11 heavy (non-hydrogen) atoms. The van der Waals surface area contributed by atoms with Gasteiger partial charge in [0.25, 0.3) is 5.91 Å². The zero-order chi connectivity index (χ0) is 8.27. The quantitative estimate of drug-likeness (QED) is 0.544. The summed E-state index contributed by atoms with van der Waals surface area (Å²) >= 11 is 0. The average molecular weight is 149 g/mol. The van der Waals surface area contributed by atoms with Crippen molar-refractivity contribution in [3.63, 3.8) is 0 Å². The Bertz CT molecular complexity index is 228. The van der Waals surface area contributed by atoms with Crippen molar-refractivity contribution in [3.8, 4) is 0 Å². The molecule has 1 amide bonds. The van der Waals surface area contributed by atoms with Crippen LogP contribution in [0.4, 0.5) is 0 Å². The first-order valence-corrected chi connectivity index (χ1v) is 3.52. The number of nitrogens with zero attached hydrogens (tertiary/aromatic N) is 1. The van der Waals surface area contributed by atoms with Crippen LogP contribution in [-0.2, 0) is 4.79 Å². The lowest BCUT2D eigenvalue weighted by Gasteiger charge is -2.23. The molecule has 0 N–H and O–H groups in total. The summed E-state index contributed by atoms with van der Waals surface area (Å²) in [6.45, 7) is 7.89. The predicted octanol–water partition coefficient (Wildman–Crippen LogP) is 1.47. The van der Waals surface area contributed by atoms with Gasteiger partial charge in [-0.25, -0.2) is 0 Å². The molecule has 0 saturated heterocycles. The van der Waals surface area contributed by atoms with Gasteiger partial charge in [0.15, 0.2) is 0 Å². The maximum atomic E-state index is 11.1. The zero-order valence-corrected chi connectivity index (χ0v) is 6.42. The molecule has 58 valence electrons. The highest BCUT2D eigenvalue weighted by Gasteiger charge is 2.14. The minimum Gasteiger partial charge on any atom is -0.309 e. The van der Waals surface area contributed by atoms with Crippen LogP contribution in [0.3, 0.4) is 0 Å². The second kappa shape index (κ2) is 3.19. The van der Waals surface area contributed by atoms with Crippen LogP contribution in [-0.4, -0.2) is 17.4 Å². The van der Waals surface area contributed by atoms with E-state index in [0.717, 1.165) is 12.1 Å². The Balaban J connectivity index is 2.74. The largest absolute Gasteiger partial charge is 0.309 e. The fourth-order valence-electron chi connectivity index (χ4n) is 1.000. The summed E-state index contributed by atoms with van der Waals surface area (Å²) < 4.78 is 0. The molecule has 0 unspecified atom stereocenters. The first-order valence-electron chi connectivity index (χ1n) is 3.52. The van der Waals surface area contributed by atoms with Crippen LogP contribution in [0.5, 0.6) is 0 Å². The van der Waals surface area contributed by atoms with Crippen LogP contribution in [0.1, 0.15) is 6.42 Å². The Morgan fingerprint density at radius 1 is 1.73 bits per heavy atom. The van der Waals surface area contributed by atoms with Crippen molar-refractivity contribution in [1.29, 1.82) is 0 Å². The summed E-state index contributed by atoms with van der Waals surface area (Å²) in [6.07, 6.45) is 5.85. The van der Waals surface area contributed by atoms with Crippen LogP contribution in [0, 0.1) is 0 Å². The van der Waals surface area contributed by atoms with Crippen molar-refractivity contribution in [1.82, 2.24) is 4.90 Å². The van der Waals surface area contributed by atoms with Gasteiger partial charge in [0.2, 0.25) is 0 Å². The first-order chi connectivity index (χ1) is 5.25. The number of hydrogen-bond acceptors (Lipinski definition) is 1. The van der Waals surface area contributed by atoms with Gasteiger partial charge >= 0.3 is 0 Å². The standard InChI is InChI=1S/C9H11NO/c1-3-7-10-8(2)5-4-6-9(10)11/h3-4,6H,1-2,5,7H2. The van der Waals surface area contributed by atoms with E-state index in [1.165, 1.54) is 0 Å². The predicted molar refractivity (Wildman–Crippen MR) is 44.8 cm³/mol. The molecular weight excluding hydrogens is 138 g/mol. The van der Waals surface area contributed by atoms with Gasteiger partial charge in [-0.1, -0.05) is 18.7 Å². The maximum Gasteiger partial charge on any atom is 0.250 e. The van der Waals surface area contributed by atoms with Gasteiger partial charge in [0, 0.05) is 18.7 Å². The van der Waals surface area contributed by atoms with Crippen LogP contribution in [0.25, 0.3) is 0 Å². The molecule has 0 atom stereocenters. The normalized spacial score (nSPS) is 17.3. The summed E-state index contributed by atoms with van der Waals surface area (Å²) in [5.41, 5.74) is 0.845. The molecule has 0 aromatic carbocycles. The van der Waals surface area contributed by atoms with E-state index < -0.39 is 0 Å². The third kappa shape index (κ3) is 1.58. The van der Waals surface area contributed by atoms with E-state index >= 15 is 0 Å². The van der Waals surface area contributed by atoms with Gasteiger partial charge in [0.05, 0.1) is 0 Å². The van der Waals surface area contributed by atoms with Crippen LogP contribution < -0.4 is 0 Å². The molecule has 0 bridgehead atoms. The number of carbonyl (C=O) groups excluding carboxylic acids is 1. The molecule has 0 aromatic rings. The highest BCUT2D eigenvalue weighted by molar-refractivity contribution is 5.90. The maximum absolute atomic E-state index is 11.1. The van der Waals surface area contributed by atoms with Crippen molar-refractivity contribution in [3.05, 3.63) is 37.1 Å². The van der Waals surface area contributed by atoms with Crippen molar-refractivity contribution in [2.45, 2.75) is 6.42 Å². The third-order valence-corrected chi connectivity index (χ3v) is 1.57. The fraction of sp³-hybridized carbons (Fsp3) is 0.222. The number of carbonyl (C=O) groups is 1. The smallest absolute Gasteiger partial charge is 0.250 e. The van der Waals surface area contributed by atoms with E-state index in [1.54, 1.807) is 17.1 Å². The van der Waals surface area contributed by atoms with Gasteiger partial charge < -0.3 is 4.90 Å². The molecule has 0 fully saturated rings. The van der Waals surface area contributed by atoms with Crippen LogP contribution >= 0.6 is 0 Å². The van der Waals surface area contributed by atoms with Gasteiger partial charge in [-0.2, -0.15) is 0 Å². The highest BCUT2D eigenvalue weighted by Crippen LogP contribution is 2.13. The van der Waals surface area contributed by atoms with E-state index in [4.69, 9.17) is 0 Å². The van der Waals surface area contributed by atoms with Gasteiger partial charge in [0.1, 0.15) is 0 Å². The summed E-state index contributed by atoms with van der Waals surface area (Å²) in [7, 11) is 0. The van der Waals surface area contributed by atoms with E-state index in [-0.39, 0.29) is 5.91 Å². The highest BCUT2D eigenvalue weighted by atomic mass is 16.2. The molecule has 2 heteroatoms. The van der Waals surface area contributed by atoms with E-state index in [9.17, 15) is 4.79 Å². The van der Waals surface area contributed by atoms with Crippen molar-refractivity contribution >= 4 is 5.91 Å². The van der Waals surface area contributed by atoms with Gasteiger partial charge in [-0.15, -0.1) is 6.58 Å². The topological polar surface area (TPSA) is 20.3 Å². The molecule has 0 spiro atoms. The summed E-state index contributed by atoms with van der Waals surface area (Å²) in [6, 6.07) is 0. The lowest BCUT2D eigenvalue weighted by molar-refractivity contribution is -0.124. The average Bonchev–Trinajstić information content (AvgIpc) is 1.97. The fourth-order valence-corrected chi connectivity index (χ4v) is 1.000. The summed E-state index contributed by atoms with van der Waals surface area (Å²) in [4.78, 5) is 12.7. The Labute approximate surface area is 66.5 Å². The second-order valence-electron chi connectivity index (χ2n) is 2.41. The van der Waals surface area contributed by atoms with Crippen molar-refractivity contribution in [2.75, 3.05) is 6.54 Å². The van der Waals surface area contributed by atoms with Crippen molar-refractivity contribution in [2.24, 2.45) is 0 Å². The number of rotatable bonds is 2. The molecule has 0 saturated carbocycles. The molecule has 0 aromatic heterocycles. The Morgan fingerprint density at radius 3 is 3.00 bits per heavy atom. The Hall–Kier alpha value is -1.31. The third-order valence-electron chi connectivity index (χ3n) is 1.57. The van der Waals surface area contributed by atoms with Gasteiger partial charge in [-0.3, -0.25) is 4.79 Å².